The van der Waals surface area contributed by atoms with Gasteiger partial charge in [0.15, 0.2) is 6.29 Å². The van der Waals surface area contributed by atoms with Crippen LogP contribution in [0, 0.1) is 0 Å². The smallest absolute Gasteiger partial charge is 0.305 e. The Bertz CT molecular complexity index is 651. The van der Waals surface area contributed by atoms with Gasteiger partial charge in [-0.2, -0.15) is 0 Å². The van der Waals surface area contributed by atoms with Gasteiger partial charge in [0, 0.05) is 11.8 Å². The number of methoxy groups -OCH3 is 1. The van der Waals surface area contributed by atoms with Crippen LogP contribution in [0.5, 0.6) is 0 Å². The number of aldehydes is 1. The maximum Gasteiger partial charge on any atom is 0.305 e. The second kappa shape index (κ2) is 5.75. The number of H-pyrrole nitrogens is 1. The standard InChI is InChI=1S/C13H11BrClNO3/c1-19-11(18)5-3-7-8-2-4-9(15)12(14)13(8)16-10(7)6-17/h2,4,6,16H,3,5H2,1H3. The summed E-state index contributed by atoms with van der Waals surface area (Å²) in [6.45, 7) is 0. The number of benzene rings is 1. The molecular formula is C13H11BrClNO3. The highest BCUT2D eigenvalue weighted by atomic mass is 79.9. The number of carbonyl (C=O) groups is 2. The summed E-state index contributed by atoms with van der Waals surface area (Å²) >= 11 is 9.39. The van der Waals surface area contributed by atoms with Crippen molar-refractivity contribution in [1.82, 2.24) is 4.98 Å². The Morgan fingerprint density at radius 1 is 1.53 bits per heavy atom. The average molecular weight is 345 g/mol. The third kappa shape index (κ3) is 2.67. The molecule has 0 atom stereocenters. The van der Waals surface area contributed by atoms with E-state index in [1.807, 2.05) is 6.07 Å². The molecule has 6 heteroatoms. The Balaban J connectivity index is 2.49. The molecule has 19 heavy (non-hydrogen) atoms. The highest BCUT2D eigenvalue weighted by molar-refractivity contribution is 9.10. The Morgan fingerprint density at radius 3 is 2.89 bits per heavy atom. The van der Waals surface area contributed by atoms with Gasteiger partial charge >= 0.3 is 5.97 Å². The molecule has 0 fully saturated rings. The van der Waals surface area contributed by atoms with Crippen molar-refractivity contribution in [3.63, 3.8) is 0 Å². The molecule has 0 aliphatic rings. The number of ether oxygens (including phenoxy) is 1. The highest BCUT2D eigenvalue weighted by Gasteiger charge is 2.15. The van der Waals surface area contributed by atoms with E-state index in [0.29, 0.717) is 21.6 Å². The van der Waals surface area contributed by atoms with Crippen LogP contribution < -0.4 is 0 Å². The maximum absolute atomic E-state index is 11.2. The number of aromatic nitrogens is 1. The normalized spacial score (nSPS) is 10.7. The molecule has 0 saturated carbocycles. The van der Waals surface area contributed by atoms with E-state index in [2.05, 4.69) is 25.7 Å². The zero-order valence-electron chi connectivity index (χ0n) is 10.1. The molecule has 1 aromatic heterocycles. The highest BCUT2D eigenvalue weighted by Crippen LogP contribution is 2.33. The van der Waals surface area contributed by atoms with Gasteiger partial charge in [-0.15, -0.1) is 0 Å². The molecule has 4 nitrogen and oxygen atoms in total. The van der Waals surface area contributed by atoms with Crippen LogP contribution in [-0.2, 0) is 16.0 Å². The van der Waals surface area contributed by atoms with Crippen molar-refractivity contribution < 1.29 is 14.3 Å². The molecule has 2 aromatic rings. The first-order valence-electron chi connectivity index (χ1n) is 5.59. The zero-order chi connectivity index (χ0) is 14.0. The van der Waals surface area contributed by atoms with Crippen molar-refractivity contribution in [3.8, 4) is 0 Å². The van der Waals surface area contributed by atoms with Crippen molar-refractivity contribution in [1.29, 1.82) is 0 Å². The summed E-state index contributed by atoms with van der Waals surface area (Å²) in [4.78, 5) is 25.3. The molecular weight excluding hydrogens is 334 g/mol. The molecule has 0 bridgehead atoms. The fourth-order valence-corrected chi connectivity index (χ4v) is 2.58. The number of hydrogen-bond acceptors (Lipinski definition) is 3. The number of aryl methyl sites for hydroxylation is 1. The molecule has 1 aromatic carbocycles. The predicted molar refractivity (Wildman–Crippen MR) is 76.7 cm³/mol. The molecule has 0 aliphatic carbocycles. The number of nitrogens with one attached hydrogen (secondary N) is 1. The minimum atomic E-state index is -0.306. The first-order chi connectivity index (χ1) is 9.08. The second-order valence-electron chi connectivity index (χ2n) is 4.00. The molecule has 0 saturated heterocycles. The van der Waals surface area contributed by atoms with Gasteiger partial charge in [-0.25, -0.2) is 0 Å². The van der Waals surface area contributed by atoms with Gasteiger partial charge < -0.3 is 9.72 Å². The monoisotopic (exact) mass is 343 g/mol. The van der Waals surface area contributed by atoms with Gasteiger partial charge in [0.25, 0.3) is 0 Å². The molecule has 0 radical (unpaired) electrons. The van der Waals surface area contributed by atoms with Crippen LogP contribution in [0.4, 0.5) is 0 Å². The number of fused-ring (bicyclic) bond motifs is 1. The number of halogens is 2. The number of carbonyl (C=O) groups excluding carboxylic acids is 2. The van der Waals surface area contributed by atoms with Crippen LogP contribution in [0.3, 0.4) is 0 Å². The van der Waals surface area contributed by atoms with Gasteiger partial charge in [-0.05, 0) is 34.0 Å². The minimum Gasteiger partial charge on any atom is -0.469 e. The first kappa shape index (κ1) is 14.1. The van der Waals surface area contributed by atoms with Crippen LogP contribution in [0.15, 0.2) is 16.6 Å². The van der Waals surface area contributed by atoms with Gasteiger partial charge in [0.05, 0.1) is 27.8 Å². The molecule has 2 rings (SSSR count). The number of aromatic amines is 1. The van der Waals surface area contributed by atoms with Crippen molar-refractivity contribution in [2.24, 2.45) is 0 Å². The van der Waals surface area contributed by atoms with Crippen LogP contribution in [0.2, 0.25) is 5.02 Å². The van der Waals surface area contributed by atoms with Crippen LogP contribution in [-0.4, -0.2) is 24.3 Å². The Hall–Kier alpha value is -1.33. The van der Waals surface area contributed by atoms with E-state index in [1.165, 1.54) is 7.11 Å². The first-order valence-corrected chi connectivity index (χ1v) is 6.76. The number of hydrogen-bond donors (Lipinski definition) is 1. The summed E-state index contributed by atoms with van der Waals surface area (Å²) in [6.07, 6.45) is 1.41. The van der Waals surface area contributed by atoms with Gasteiger partial charge in [0.1, 0.15) is 0 Å². The lowest BCUT2D eigenvalue weighted by Crippen LogP contribution is -2.02. The van der Waals surface area contributed by atoms with Crippen LogP contribution >= 0.6 is 27.5 Å². The van der Waals surface area contributed by atoms with E-state index in [4.69, 9.17) is 11.6 Å². The summed E-state index contributed by atoms with van der Waals surface area (Å²) in [7, 11) is 1.34. The lowest BCUT2D eigenvalue weighted by atomic mass is 10.1. The van der Waals surface area contributed by atoms with E-state index in [9.17, 15) is 9.59 Å². The summed E-state index contributed by atoms with van der Waals surface area (Å²) in [5, 5.41) is 1.44. The molecule has 0 unspecified atom stereocenters. The van der Waals surface area contributed by atoms with Crippen molar-refractivity contribution in [3.05, 3.63) is 32.9 Å². The summed E-state index contributed by atoms with van der Waals surface area (Å²) in [6, 6.07) is 3.58. The number of rotatable bonds is 4. The fraction of sp³-hybridized carbons (Fsp3) is 0.231. The Kier molecular flexibility index (Phi) is 4.27. The third-order valence-electron chi connectivity index (χ3n) is 2.93. The average Bonchev–Trinajstić information content (AvgIpc) is 2.78. The predicted octanol–water partition coefficient (Wildman–Crippen LogP) is 3.50. The summed E-state index contributed by atoms with van der Waals surface area (Å²) in [5.41, 5.74) is 2.02. The summed E-state index contributed by atoms with van der Waals surface area (Å²) in [5.74, 6) is -0.306. The molecule has 0 spiro atoms. The van der Waals surface area contributed by atoms with Crippen molar-refractivity contribution in [2.75, 3.05) is 7.11 Å². The Morgan fingerprint density at radius 2 is 2.26 bits per heavy atom. The Labute approximate surface area is 123 Å². The quantitative estimate of drug-likeness (QED) is 0.682. The molecule has 1 N–H and O–H groups in total. The minimum absolute atomic E-state index is 0.227. The molecule has 1 heterocycles. The largest absolute Gasteiger partial charge is 0.469 e. The second-order valence-corrected chi connectivity index (χ2v) is 5.20. The van der Waals surface area contributed by atoms with Crippen molar-refractivity contribution in [2.45, 2.75) is 12.8 Å². The van der Waals surface area contributed by atoms with E-state index >= 15 is 0 Å². The van der Waals surface area contributed by atoms with Crippen LogP contribution in [0.25, 0.3) is 10.9 Å². The van der Waals surface area contributed by atoms with E-state index in [0.717, 1.165) is 22.8 Å². The van der Waals surface area contributed by atoms with Gasteiger partial charge in [-0.1, -0.05) is 17.7 Å². The van der Waals surface area contributed by atoms with E-state index in [1.54, 1.807) is 6.07 Å². The van der Waals surface area contributed by atoms with E-state index < -0.39 is 0 Å². The molecule has 0 aliphatic heterocycles. The SMILES string of the molecule is COC(=O)CCc1c(C=O)[nH]c2c(Br)c(Cl)ccc12. The third-order valence-corrected chi connectivity index (χ3v) is 4.30. The van der Waals surface area contributed by atoms with Crippen LogP contribution in [0.1, 0.15) is 22.5 Å². The van der Waals surface area contributed by atoms with Gasteiger partial charge in [-0.3, -0.25) is 9.59 Å². The number of esters is 1. The lowest BCUT2D eigenvalue weighted by molar-refractivity contribution is -0.140. The van der Waals surface area contributed by atoms with E-state index in [-0.39, 0.29) is 12.4 Å². The van der Waals surface area contributed by atoms with Gasteiger partial charge in [0.2, 0.25) is 0 Å². The molecule has 0 amide bonds. The van der Waals surface area contributed by atoms with Crippen molar-refractivity contribution >= 4 is 50.7 Å². The molecule has 100 valence electrons. The fourth-order valence-electron chi connectivity index (χ4n) is 1.98. The topological polar surface area (TPSA) is 59.2 Å². The zero-order valence-corrected chi connectivity index (χ0v) is 12.5. The lowest BCUT2D eigenvalue weighted by Gasteiger charge is -2.01. The summed E-state index contributed by atoms with van der Waals surface area (Å²) < 4.78 is 5.32. The maximum atomic E-state index is 11.2.